The topological polar surface area (TPSA) is 35.0 Å². The Labute approximate surface area is 123 Å². The van der Waals surface area contributed by atoms with Crippen LogP contribution in [0.1, 0.15) is 49.7 Å². The van der Waals surface area contributed by atoms with Crippen LogP contribution < -0.4 is 0 Å². The summed E-state index contributed by atoms with van der Waals surface area (Å²) in [4.78, 5) is 9.34. The van der Waals surface area contributed by atoms with Crippen molar-refractivity contribution in [2.75, 3.05) is 7.11 Å². The van der Waals surface area contributed by atoms with E-state index >= 15 is 0 Å². The minimum Gasteiger partial charge on any atom is -0.370 e. The third kappa shape index (κ3) is 2.39. The Kier molecular flexibility index (Phi) is 3.76. The minimum atomic E-state index is -0.330. The summed E-state index contributed by atoms with van der Waals surface area (Å²) in [6.07, 6.45) is 4.42. The molecule has 5 heteroatoms. The van der Waals surface area contributed by atoms with E-state index < -0.39 is 0 Å². The molecule has 3 rings (SSSR count). The third-order valence-corrected chi connectivity index (χ3v) is 5.56. The first-order valence-corrected chi connectivity index (χ1v) is 8.36. The lowest BCUT2D eigenvalue weighted by Crippen LogP contribution is -2.36. The van der Waals surface area contributed by atoms with Gasteiger partial charge in [0.2, 0.25) is 0 Å². The molecule has 0 spiro atoms. The lowest BCUT2D eigenvalue weighted by atomic mass is 9.78. The van der Waals surface area contributed by atoms with Crippen molar-refractivity contribution in [2.45, 2.75) is 49.7 Å². The average Bonchev–Trinajstić information content (AvgIpc) is 2.87. The number of hydrogen-bond donors (Lipinski definition) is 0. The summed E-state index contributed by atoms with van der Waals surface area (Å²) in [6, 6.07) is 0. The molecular weight excluding hydrogens is 280 g/mol. The van der Waals surface area contributed by atoms with E-state index in [9.17, 15) is 0 Å². The van der Waals surface area contributed by atoms with E-state index in [-0.39, 0.29) is 5.60 Å². The summed E-state index contributed by atoms with van der Waals surface area (Å²) >= 11 is 8.18. The van der Waals surface area contributed by atoms with Gasteiger partial charge in [-0.3, -0.25) is 0 Å². The van der Waals surface area contributed by atoms with Gasteiger partial charge in [-0.05, 0) is 25.2 Å². The molecule has 1 aromatic heterocycles. The van der Waals surface area contributed by atoms with Gasteiger partial charge in [0, 0.05) is 24.2 Å². The number of thioether (sulfide) groups is 1. The zero-order chi connectivity index (χ0) is 13.5. The second kappa shape index (κ2) is 5.23. The molecule has 2 atom stereocenters. The van der Waals surface area contributed by atoms with Crippen LogP contribution in [0.5, 0.6) is 0 Å². The molecule has 0 amide bonds. The standard InChI is InChI=1S/C14H19ClN2OS/c1-9-4-3-5-14(6-9,18-2)13-16-11-8-19-7-10(11)12(15)17-13/h9H,3-8H2,1-2H3. The average molecular weight is 299 g/mol. The molecule has 0 N–H and O–H groups in total. The first-order chi connectivity index (χ1) is 9.14. The number of halogens is 1. The maximum atomic E-state index is 6.33. The van der Waals surface area contributed by atoms with Gasteiger partial charge < -0.3 is 4.74 Å². The van der Waals surface area contributed by atoms with E-state index in [2.05, 4.69) is 11.9 Å². The van der Waals surface area contributed by atoms with Gasteiger partial charge in [-0.1, -0.05) is 24.9 Å². The molecule has 1 aliphatic carbocycles. The van der Waals surface area contributed by atoms with Gasteiger partial charge in [-0.25, -0.2) is 9.97 Å². The molecule has 1 saturated carbocycles. The Hall–Kier alpha value is -0.320. The molecule has 1 aliphatic heterocycles. The smallest absolute Gasteiger partial charge is 0.162 e. The molecule has 2 heterocycles. The third-order valence-electron chi connectivity index (χ3n) is 4.28. The Balaban J connectivity index is 2.02. The molecule has 104 valence electrons. The maximum Gasteiger partial charge on any atom is 0.162 e. The monoisotopic (exact) mass is 298 g/mol. The van der Waals surface area contributed by atoms with Crippen molar-refractivity contribution in [1.29, 1.82) is 0 Å². The molecule has 0 saturated heterocycles. The quantitative estimate of drug-likeness (QED) is 0.775. The molecule has 1 aromatic rings. The van der Waals surface area contributed by atoms with Crippen LogP contribution in [-0.2, 0) is 21.8 Å². The molecule has 2 aliphatic rings. The van der Waals surface area contributed by atoms with Gasteiger partial charge in [0.15, 0.2) is 5.82 Å². The lowest BCUT2D eigenvalue weighted by molar-refractivity contribution is -0.0647. The summed E-state index contributed by atoms with van der Waals surface area (Å²) < 4.78 is 5.86. The zero-order valence-electron chi connectivity index (χ0n) is 11.4. The highest BCUT2D eigenvalue weighted by molar-refractivity contribution is 7.98. The van der Waals surface area contributed by atoms with Crippen molar-refractivity contribution in [3.63, 3.8) is 0 Å². The number of rotatable bonds is 2. The fraction of sp³-hybridized carbons (Fsp3) is 0.714. The highest BCUT2D eigenvalue weighted by atomic mass is 35.5. The highest BCUT2D eigenvalue weighted by Gasteiger charge is 2.40. The predicted molar refractivity (Wildman–Crippen MR) is 78.4 cm³/mol. The van der Waals surface area contributed by atoms with E-state index in [0.717, 1.165) is 41.4 Å². The molecule has 1 fully saturated rings. The summed E-state index contributed by atoms with van der Waals surface area (Å²) in [7, 11) is 1.78. The second-order valence-corrected chi connectivity index (χ2v) is 7.00. The van der Waals surface area contributed by atoms with Crippen molar-refractivity contribution >= 4 is 23.4 Å². The molecule has 0 radical (unpaired) electrons. The summed E-state index contributed by atoms with van der Waals surface area (Å²) in [6.45, 7) is 2.28. The predicted octanol–water partition coefficient (Wildman–Crippen LogP) is 3.93. The molecule has 2 unspecified atom stereocenters. The first-order valence-electron chi connectivity index (χ1n) is 6.83. The van der Waals surface area contributed by atoms with Crippen LogP contribution in [0.2, 0.25) is 5.15 Å². The van der Waals surface area contributed by atoms with Crippen LogP contribution in [0.15, 0.2) is 0 Å². The van der Waals surface area contributed by atoms with Crippen molar-refractivity contribution in [3.05, 3.63) is 22.2 Å². The van der Waals surface area contributed by atoms with E-state index in [4.69, 9.17) is 21.3 Å². The zero-order valence-corrected chi connectivity index (χ0v) is 13.0. The Morgan fingerprint density at radius 3 is 2.95 bits per heavy atom. The van der Waals surface area contributed by atoms with E-state index in [1.807, 2.05) is 11.8 Å². The number of aromatic nitrogens is 2. The Morgan fingerprint density at radius 2 is 2.21 bits per heavy atom. The van der Waals surface area contributed by atoms with Crippen LogP contribution in [0.3, 0.4) is 0 Å². The van der Waals surface area contributed by atoms with E-state index in [0.29, 0.717) is 11.1 Å². The SMILES string of the molecule is COC1(c2nc(Cl)c3c(n2)CSC3)CCCC(C)C1. The summed E-state index contributed by atoms with van der Waals surface area (Å²) in [5.74, 6) is 3.33. The molecule has 3 nitrogen and oxygen atoms in total. The number of nitrogens with zero attached hydrogens (tertiary/aromatic N) is 2. The lowest BCUT2D eigenvalue weighted by Gasteiger charge is -2.37. The van der Waals surface area contributed by atoms with Crippen molar-refractivity contribution in [1.82, 2.24) is 9.97 Å². The van der Waals surface area contributed by atoms with Crippen LogP contribution in [-0.4, -0.2) is 17.1 Å². The van der Waals surface area contributed by atoms with Crippen molar-refractivity contribution < 1.29 is 4.74 Å². The molecule has 0 bridgehead atoms. The van der Waals surface area contributed by atoms with Crippen LogP contribution in [0, 0.1) is 5.92 Å². The van der Waals surface area contributed by atoms with Crippen LogP contribution in [0.4, 0.5) is 0 Å². The fourth-order valence-corrected chi connectivity index (χ4v) is 4.58. The number of methoxy groups -OCH3 is 1. The van der Waals surface area contributed by atoms with E-state index in [1.54, 1.807) is 7.11 Å². The van der Waals surface area contributed by atoms with Gasteiger partial charge in [0.05, 0.1) is 5.69 Å². The largest absolute Gasteiger partial charge is 0.370 e. The second-order valence-electron chi connectivity index (χ2n) is 5.66. The van der Waals surface area contributed by atoms with Gasteiger partial charge in [0.25, 0.3) is 0 Å². The van der Waals surface area contributed by atoms with Gasteiger partial charge in [-0.15, -0.1) is 0 Å². The van der Waals surface area contributed by atoms with Crippen molar-refractivity contribution in [2.24, 2.45) is 5.92 Å². The molecule has 19 heavy (non-hydrogen) atoms. The number of ether oxygens (including phenoxy) is 1. The Morgan fingerprint density at radius 1 is 1.37 bits per heavy atom. The number of hydrogen-bond acceptors (Lipinski definition) is 4. The summed E-state index contributed by atoms with van der Waals surface area (Å²) in [5, 5.41) is 0.625. The van der Waals surface area contributed by atoms with Crippen molar-refractivity contribution in [3.8, 4) is 0 Å². The fourth-order valence-electron chi connectivity index (χ4n) is 3.20. The van der Waals surface area contributed by atoms with Gasteiger partial charge in [-0.2, -0.15) is 11.8 Å². The normalized spacial score (nSPS) is 30.4. The minimum absolute atomic E-state index is 0.330. The first kappa shape index (κ1) is 13.7. The van der Waals surface area contributed by atoms with Gasteiger partial charge >= 0.3 is 0 Å². The van der Waals surface area contributed by atoms with Crippen LogP contribution in [0.25, 0.3) is 0 Å². The summed E-state index contributed by atoms with van der Waals surface area (Å²) in [5.41, 5.74) is 1.89. The molecular formula is C14H19ClN2OS. The molecule has 0 aromatic carbocycles. The van der Waals surface area contributed by atoms with E-state index in [1.165, 1.54) is 12.8 Å². The highest BCUT2D eigenvalue weighted by Crippen LogP contribution is 2.43. The Bertz CT molecular complexity index is 497. The van der Waals surface area contributed by atoms with Crippen LogP contribution >= 0.6 is 23.4 Å². The number of fused-ring (bicyclic) bond motifs is 1. The van der Waals surface area contributed by atoms with Gasteiger partial charge in [0.1, 0.15) is 10.8 Å². The maximum absolute atomic E-state index is 6.33.